The zero-order valence-corrected chi connectivity index (χ0v) is 9.50. The Bertz CT molecular complexity index is 459. The summed E-state index contributed by atoms with van der Waals surface area (Å²) >= 11 is 0. The Kier molecular flexibility index (Phi) is 3.30. The first-order valence-electron chi connectivity index (χ1n) is 5.34. The molecule has 94 valence electrons. The zero-order chi connectivity index (χ0) is 12.4. The molecule has 2 heterocycles. The van der Waals surface area contributed by atoms with Gasteiger partial charge in [-0.1, -0.05) is 0 Å². The fourth-order valence-corrected chi connectivity index (χ4v) is 1.88. The van der Waals surface area contributed by atoms with Crippen LogP contribution < -0.4 is 11.4 Å². The highest BCUT2D eigenvalue weighted by Gasteiger charge is 2.27. The number of nitrogens with zero attached hydrogens (tertiary/aromatic N) is 2. The van der Waals surface area contributed by atoms with Crippen LogP contribution in [0.5, 0.6) is 5.75 Å². The van der Waals surface area contributed by atoms with Crippen LogP contribution in [0.15, 0.2) is 11.0 Å². The predicted molar refractivity (Wildman–Crippen MR) is 59.6 cm³/mol. The minimum absolute atomic E-state index is 0.0309. The van der Waals surface area contributed by atoms with Gasteiger partial charge in [-0.05, 0) is 12.8 Å². The minimum atomic E-state index is -0.525. The van der Waals surface area contributed by atoms with Gasteiger partial charge < -0.3 is 20.3 Å². The third-order valence-corrected chi connectivity index (χ3v) is 2.71. The van der Waals surface area contributed by atoms with Crippen LogP contribution in [-0.2, 0) is 9.47 Å². The Hall–Kier alpha value is -1.60. The monoisotopic (exact) mass is 241 g/mol. The molecular formula is C10H15N3O4. The highest BCUT2D eigenvalue weighted by molar-refractivity contribution is 5.41. The summed E-state index contributed by atoms with van der Waals surface area (Å²) < 4.78 is 11.8. The van der Waals surface area contributed by atoms with Crippen molar-refractivity contribution in [2.24, 2.45) is 0 Å². The molecule has 7 nitrogen and oxygen atoms in total. The van der Waals surface area contributed by atoms with Gasteiger partial charge >= 0.3 is 5.69 Å². The number of nitrogens with two attached hydrogens (primary N) is 1. The fraction of sp³-hybridized carbons (Fsp3) is 0.600. The number of aromatic hydroxyl groups is 1. The standard InChI is InChI=1S/C10H15N3O4/c1-16-5-6-2-3-8(17-6)13-4-7(14)9(11)12-10(13)15/h4,6,8,14H,2-3,5H2,1H3,(H2,11,12,15). The van der Waals surface area contributed by atoms with Crippen molar-refractivity contribution in [1.82, 2.24) is 9.55 Å². The van der Waals surface area contributed by atoms with E-state index in [1.54, 1.807) is 7.11 Å². The maximum Gasteiger partial charge on any atom is 0.351 e. The van der Waals surface area contributed by atoms with Crippen LogP contribution in [0.4, 0.5) is 5.82 Å². The summed E-state index contributed by atoms with van der Waals surface area (Å²) in [6.07, 6.45) is 2.29. The van der Waals surface area contributed by atoms with Crippen LogP contribution in [-0.4, -0.2) is 34.5 Å². The summed E-state index contributed by atoms with van der Waals surface area (Å²) in [4.78, 5) is 15.1. The topological polar surface area (TPSA) is 99.6 Å². The Morgan fingerprint density at radius 1 is 1.71 bits per heavy atom. The van der Waals surface area contributed by atoms with E-state index in [0.29, 0.717) is 13.0 Å². The molecule has 1 aromatic heterocycles. The number of rotatable bonds is 3. The lowest BCUT2D eigenvalue weighted by Gasteiger charge is -2.15. The summed E-state index contributed by atoms with van der Waals surface area (Å²) in [5, 5.41) is 9.43. The van der Waals surface area contributed by atoms with Crippen molar-refractivity contribution in [3.63, 3.8) is 0 Å². The van der Waals surface area contributed by atoms with E-state index in [1.807, 2.05) is 0 Å². The molecule has 0 spiro atoms. The molecule has 0 aromatic carbocycles. The van der Waals surface area contributed by atoms with Gasteiger partial charge in [0.2, 0.25) is 0 Å². The molecule has 0 radical (unpaired) electrons. The van der Waals surface area contributed by atoms with Crippen molar-refractivity contribution in [3.05, 3.63) is 16.7 Å². The zero-order valence-electron chi connectivity index (χ0n) is 9.50. The van der Waals surface area contributed by atoms with Crippen LogP contribution >= 0.6 is 0 Å². The molecule has 1 fully saturated rings. The quantitative estimate of drug-likeness (QED) is 0.763. The van der Waals surface area contributed by atoms with Gasteiger partial charge in [-0.3, -0.25) is 4.57 Å². The number of ether oxygens (including phenoxy) is 2. The maximum absolute atomic E-state index is 11.6. The molecule has 2 rings (SSSR count). The Morgan fingerprint density at radius 3 is 3.18 bits per heavy atom. The lowest BCUT2D eigenvalue weighted by molar-refractivity contribution is -0.0337. The molecule has 1 saturated heterocycles. The summed E-state index contributed by atoms with van der Waals surface area (Å²) in [6, 6.07) is 0. The smallest absolute Gasteiger partial charge is 0.351 e. The van der Waals surface area contributed by atoms with Gasteiger partial charge in [0.05, 0.1) is 18.9 Å². The molecule has 0 aliphatic carbocycles. The van der Waals surface area contributed by atoms with Gasteiger partial charge in [0.1, 0.15) is 6.23 Å². The second kappa shape index (κ2) is 4.72. The molecule has 2 atom stereocenters. The SMILES string of the molecule is COCC1CCC(n2cc(O)c(N)nc2=O)O1. The van der Waals surface area contributed by atoms with E-state index in [2.05, 4.69) is 4.98 Å². The van der Waals surface area contributed by atoms with Crippen LogP contribution in [0, 0.1) is 0 Å². The van der Waals surface area contributed by atoms with E-state index < -0.39 is 11.9 Å². The normalized spacial score (nSPS) is 24.1. The van der Waals surface area contributed by atoms with E-state index in [-0.39, 0.29) is 17.7 Å². The first-order chi connectivity index (χ1) is 8.11. The molecule has 0 amide bonds. The molecule has 0 saturated carbocycles. The molecule has 0 bridgehead atoms. The average Bonchev–Trinajstić information content (AvgIpc) is 2.72. The first kappa shape index (κ1) is 11.9. The fourth-order valence-electron chi connectivity index (χ4n) is 1.88. The lowest BCUT2D eigenvalue weighted by atomic mass is 10.2. The second-order valence-electron chi connectivity index (χ2n) is 3.95. The maximum atomic E-state index is 11.6. The summed E-state index contributed by atoms with van der Waals surface area (Å²) in [5.41, 5.74) is 4.80. The number of anilines is 1. The molecule has 2 unspecified atom stereocenters. The summed E-state index contributed by atoms with van der Waals surface area (Å²) in [6.45, 7) is 0.486. The number of hydrogen-bond acceptors (Lipinski definition) is 6. The first-order valence-corrected chi connectivity index (χ1v) is 5.34. The van der Waals surface area contributed by atoms with Crippen LogP contribution in [0.25, 0.3) is 0 Å². The Balaban J connectivity index is 2.19. The van der Waals surface area contributed by atoms with Gasteiger partial charge in [-0.25, -0.2) is 4.79 Å². The minimum Gasteiger partial charge on any atom is -0.503 e. The van der Waals surface area contributed by atoms with E-state index in [4.69, 9.17) is 15.2 Å². The highest BCUT2D eigenvalue weighted by Crippen LogP contribution is 2.28. The predicted octanol–water partition coefficient (Wildman–Crippen LogP) is -0.145. The van der Waals surface area contributed by atoms with E-state index in [0.717, 1.165) is 6.42 Å². The number of methoxy groups -OCH3 is 1. The number of nitrogen functional groups attached to an aromatic ring is 1. The van der Waals surface area contributed by atoms with Gasteiger partial charge in [0.25, 0.3) is 0 Å². The Labute approximate surface area is 97.8 Å². The third kappa shape index (κ3) is 2.40. The van der Waals surface area contributed by atoms with Gasteiger partial charge in [-0.15, -0.1) is 0 Å². The van der Waals surface area contributed by atoms with Crippen molar-refractivity contribution in [3.8, 4) is 5.75 Å². The van der Waals surface area contributed by atoms with Gasteiger partial charge in [0.15, 0.2) is 11.6 Å². The van der Waals surface area contributed by atoms with E-state index in [1.165, 1.54) is 10.8 Å². The number of hydrogen-bond donors (Lipinski definition) is 2. The van der Waals surface area contributed by atoms with Crippen molar-refractivity contribution in [1.29, 1.82) is 0 Å². The summed E-state index contributed by atoms with van der Waals surface area (Å²) in [7, 11) is 1.60. The van der Waals surface area contributed by atoms with E-state index >= 15 is 0 Å². The van der Waals surface area contributed by atoms with Crippen LogP contribution in [0.2, 0.25) is 0 Å². The molecule has 1 aliphatic heterocycles. The van der Waals surface area contributed by atoms with Gasteiger partial charge in [0, 0.05) is 7.11 Å². The molecule has 1 aromatic rings. The molecule has 17 heavy (non-hydrogen) atoms. The molecule has 7 heteroatoms. The summed E-state index contributed by atoms with van der Waals surface area (Å²) in [5.74, 6) is -0.388. The van der Waals surface area contributed by atoms with Gasteiger partial charge in [-0.2, -0.15) is 4.98 Å². The Morgan fingerprint density at radius 2 is 2.47 bits per heavy atom. The largest absolute Gasteiger partial charge is 0.503 e. The lowest BCUT2D eigenvalue weighted by Crippen LogP contribution is -2.28. The molecule has 1 aliphatic rings. The van der Waals surface area contributed by atoms with Crippen LogP contribution in [0.1, 0.15) is 19.1 Å². The third-order valence-electron chi connectivity index (χ3n) is 2.71. The van der Waals surface area contributed by atoms with Crippen molar-refractivity contribution in [2.75, 3.05) is 19.5 Å². The average molecular weight is 241 g/mol. The number of aromatic nitrogens is 2. The molecule has 3 N–H and O–H groups in total. The second-order valence-corrected chi connectivity index (χ2v) is 3.95. The highest BCUT2D eigenvalue weighted by atomic mass is 16.5. The van der Waals surface area contributed by atoms with Crippen LogP contribution in [0.3, 0.4) is 0 Å². The van der Waals surface area contributed by atoms with Crippen molar-refractivity contribution < 1.29 is 14.6 Å². The molecular weight excluding hydrogens is 226 g/mol. The van der Waals surface area contributed by atoms with E-state index in [9.17, 15) is 9.90 Å². The van der Waals surface area contributed by atoms with Crippen molar-refractivity contribution in [2.45, 2.75) is 25.2 Å². The van der Waals surface area contributed by atoms with Crippen molar-refractivity contribution >= 4 is 5.82 Å².